The largest absolute Gasteiger partial charge is 0.327 e. The van der Waals surface area contributed by atoms with Gasteiger partial charge in [0.2, 0.25) is 0 Å². The van der Waals surface area contributed by atoms with E-state index in [4.69, 9.17) is 4.52 Å². The van der Waals surface area contributed by atoms with Gasteiger partial charge >= 0.3 is 6.01 Å². The summed E-state index contributed by atoms with van der Waals surface area (Å²) in [7, 11) is 0. The maximum Gasteiger partial charge on any atom is 0.327 e. The summed E-state index contributed by atoms with van der Waals surface area (Å²) in [6.07, 6.45) is 3.59. The van der Waals surface area contributed by atoms with E-state index in [1.54, 1.807) is 42.8 Å². The SMILES string of the molecule is Cc1noc(Nc2ncc(Sc3ccccn3)cc2Sc2ccccc2)n1. The Morgan fingerprint density at radius 3 is 2.52 bits per heavy atom. The van der Waals surface area contributed by atoms with Gasteiger partial charge in [0.25, 0.3) is 0 Å². The van der Waals surface area contributed by atoms with E-state index in [2.05, 4.69) is 43.6 Å². The van der Waals surface area contributed by atoms with Crippen LogP contribution in [0.1, 0.15) is 5.82 Å². The maximum atomic E-state index is 5.16. The fourth-order valence-corrected chi connectivity index (χ4v) is 4.04. The van der Waals surface area contributed by atoms with Gasteiger partial charge in [-0.2, -0.15) is 4.98 Å². The van der Waals surface area contributed by atoms with Crippen molar-refractivity contribution in [2.75, 3.05) is 5.32 Å². The number of hydrogen-bond acceptors (Lipinski definition) is 8. The van der Waals surface area contributed by atoms with Crippen LogP contribution in [0, 0.1) is 6.92 Å². The molecule has 0 saturated carbocycles. The number of anilines is 2. The lowest BCUT2D eigenvalue weighted by Crippen LogP contribution is -1.97. The second kappa shape index (κ2) is 8.24. The molecule has 4 rings (SSSR count). The van der Waals surface area contributed by atoms with Gasteiger partial charge in [0.1, 0.15) is 10.8 Å². The Morgan fingerprint density at radius 2 is 1.78 bits per heavy atom. The first-order chi connectivity index (χ1) is 13.3. The van der Waals surface area contributed by atoms with E-state index in [9.17, 15) is 0 Å². The van der Waals surface area contributed by atoms with Crippen LogP contribution in [0.5, 0.6) is 0 Å². The number of hydrogen-bond donors (Lipinski definition) is 1. The summed E-state index contributed by atoms with van der Waals surface area (Å²) in [6.45, 7) is 1.77. The Kier molecular flexibility index (Phi) is 5.36. The zero-order valence-electron chi connectivity index (χ0n) is 14.4. The van der Waals surface area contributed by atoms with Gasteiger partial charge in [0.05, 0.1) is 4.90 Å². The molecule has 1 N–H and O–H groups in total. The van der Waals surface area contributed by atoms with Gasteiger partial charge in [-0.1, -0.05) is 52.9 Å². The normalized spacial score (nSPS) is 10.7. The van der Waals surface area contributed by atoms with Crippen LogP contribution in [0.4, 0.5) is 11.8 Å². The molecule has 0 amide bonds. The molecule has 0 aliphatic heterocycles. The molecular weight excluding hydrogens is 378 g/mol. The number of pyridine rings is 2. The fourth-order valence-electron chi connectivity index (χ4n) is 2.25. The first kappa shape index (κ1) is 17.6. The molecule has 3 heterocycles. The average Bonchev–Trinajstić information content (AvgIpc) is 3.10. The van der Waals surface area contributed by atoms with Crippen molar-refractivity contribution in [3.63, 3.8) is 0 Å². The highest BCUT2D eigenvalue weighted by molar-refractivity contribution is 8.00. The van der Waals surface area contributed by atoms with Gasteiger partial charge in [-0.15, -0.1) is 0 Å². The summed E-state index contributed by atoms with van der Waals surface area (Å²) in [4.78, 5) is 16.2. The van der Waals surface area contributed by atoms with Crippen molar-refractivity contribution >= 4 is 35.4 Å². The van der Waals surface area contributed by atoms with Crippen molar-refractivity contribution in [1.82, 2.24) is 20.1 Å². The van der Waals surface area contributed by atoms with E-state index in [1.165, 1.54) is 0 Å². The minimum absolute atomic E-state index is 0.319. The molecule has 4 aromatic rings. The average molecular weight is 393 g/mol. The van der Waals surface area contributed by atoms with Gasteiger partial charge < -0.3 is 4.52 Å². The van der Waals surface area contributed by atoms with Crippen LogP contribution < -0.4 is 5.32 Å². The Hall–Kier alpha value is -2.84. The summed E-state index contributed by atoms with van der Waals surface area (Å²) in [6, 6.07) is 18.4. The molecule has 0 saturated heterocycles. The lowest BCUT2D eigenvalue weighted by atomic mass is 10.4. The Bertz CT molecular complexity index is 1020. The van der Waals surface area contributed by atoms with Crippen LogP contribution in [-0.2, 0) is 0 Å². The predicted octanol–water partition coefficient (Wildman–Crippen LogP) is 5.21. The third-order valence-electron chi connectivity index (χ3n) is 3.41. The predicted molar refractivity (Wildman–Crippen MR) is 105 cm³/mol. The smallest absolute Gasteiger partial charge is 0.315 e. The van der Waals surface area contributed by atoms with Crippen LogP contribution >= 0.6 is 23.5 Å². The number of nitrogens with zero attached hydrogens (tertiary/aromatic N) is 4. The van der Waals surface area contributed by atoms with Gasteiger partial charge in [-0.05, 0) is 37.3 Å². The molecule has 6 nitrogen and oxygen atoms in total. The van der Waals surface area contributed by atoms with Gasteiger partial charge in [-0.3, -0.25) is 5.32 Å². The highest BCUT2D eigenvalue weighted by atomic mass is 32.2. The standard InChI is InChI=1S/C19H15N5OS2/c1-13-22-19(25-24-13)23-18-16(26-14-7-3-2-4-8-14)11-15(12-21-18)27-17-9-5-6-10-20-17/h2-12H,1H3,(H,21,22,23,24). The van der Waals surface area contributed by atoms with Crippen molar-refractivity contribution in [2.24, 2.45) is 0 Å². The quantitative estimate of drug-likeness (QED) is 0.478. The van der Waals surface area contributed by atoms with E-state index in [0.29, 0.717) is 17.7 Å². The summed E-state index contributed by atoms with van der Waals surface area (Å²) >= 11 is 3.18. The van der Waals surface area contributed by atoms with Crippen LogP contribution in [0.2, 0.25) is 0 Å². The summed E-state index contributed by atoms with van der Waals surface area (Å²) in [5.41, 5.74) is 0. The van der Waals surface area contributed by atoms with Crippen molar-refractivity contribution < 1.29 is 4.52 Å². The van der Waals surface area contributed by atoms with Gasteiger partial charge in [0.15, 0.2) is 5.82 Å². The highest BCUT2D eigenvalue weighted by Gasteiger charge is 2.12. The molecule has 0 unspecified atom stereocenters. The molecule has 3 aromatic heterocycles. The van der Waals surface area contributed by atoms with Crippen molar-refractivity contribution in [3.8, 4) is 0 Å². The zero-order valence-corrected chi connectivity index (χ0v) is 16.0. The Morgan fingerprint density at radius 1 is 0.926 bits per heavy atom. The number of rotatable bonds is 6. The lowest BCUT2D eigenvalue weighted by Gasteiger charge is -2.10. The van der Waals surface area contributed by atoms with Gasteiger partial charge in [-0.25, -0.2) is 9.97 Å². The fraction of sp³-hybridized carbons (Fsp3) is 0.0526. The summed E-state index contributed by atoms with van der Waals surface area (Å²) in [5, 5.41) is 7.83. The minimum atomic E-state index is 0.319. The zero-order chi connectivity index (χ0) is 18.5. The maximum absolute atomic E-state index is 5.16. The summed E-state index contributed by atoms with van der Waals surface area (Å²) < 4.78 is 5.16. The first-order valence-corrected chi connectivity index (χ1v) is 9.79. The van der Waals surface area contributed by atoms with Crippen molar-refractivity contribution in [1.29, 1.82) is 0 Å². The molecule has 0 aliphatic rings. The molecule has 0 spiro atoms. The van der Waals surface area contributed by atoms with Crippen LogP contribution in [0.25, 0.3) is 0 Å². The molecule has 8 heteroatoms. The van der Waals surface area contributed by atoms with Crippen LogP contribution in [0.15, 0.2) is 91.2 Å². The number of benzene rings is 1. The molecule has 1 aromatic carbocycles. The molecule has 27 heavy (non-hydrogen) atoms. The number of aryl methyl sites for hydroxylation is 1. The molecular formula is C19H15N5OS2. The topological polar surface area (TPSA) is 76.7 Å². The highest BCUT2D eigenvalue weighted by Crippen LogP contribution is 2.37. The monoisotopic (exact) mass is 393 g/mol. The second-order valence-electron chi connectivity index (χ2n) is 5.47. The van der Waals surface area contributed by atoms with E-state index < -0.39 is 0 Å². The number of nitrogens with one attached hydrogen (secondary N) is 1. The molecule has 0 radical (unpaired) electrons. The van der Waals surface area contributed by atoms with E-state index in [1.807, 2.05) is 36.4 Å². The molecule has 0 fully saturated rings. The molecule has 134 valence electrons. The number of aromatic nitrogens is 4. The third kappa shape index (κ3) is 4.66. The van der Waals surface area contributed by atoms with Crippen molar-refractivity contribution in [3.05, 3.63) is 72.8 Å². The van der Waals surface area contributed by atoms with Crippen LogP contribution in [-0.4, -0.2) is 20.1 Å². The van der Waals surface area contributed by atoms with Crippen LogP contribution in [0.3, 0.4) is 0 Å². The third-order valence-corrected chi connectivity index (χ3v) is 5.36. The summed E-state index contributed by atoms with van der Waals surface area (Å²) in [5.74, 6) is 1.23. The molecule has 0 atom stereocenters. The Balaban J connectivity index is 1.64. The van der Waals surface area contributed by atoms with E-state index in [0.717, 1.165) is 19.7 Å². The van der Waals surface area contributed by atoms with Crippen molar-refractivity contribution in [2.45, 2.75) is 26.6 Å². The van der Waals surface area contributed by atoms with E-state index >= 15 is 0 Å². The van der Waals surface area contributed by atoms with Gasteiger partial charge in [0, 0.05) is 22.2 Å². The first-order valence-electron chi connectivity index (χ1n) is 8.15. The molecule has 0 bridgehead atoms. The lowest BCUT2D eigenvalue weighted by molar-refractivity contribution is 0.428. The minimum Gasteiger partial charge on any atom is -0.315 e. The second-order valence-corrected chi connectivity index (χ2v) is 7.68. The Labute approximate surface area is 164 Å². The van der Waals surface area contributed by atoms with E-state index in [-0.39, 0.29) is 0 Å². The molecule has 0 aliphatic carbocycles.